The number of hydrogen-bond donors (Lipinski definition) is 1. The normalized spacial score (nSPS) is 17.5. The number of nitrogens with zero attached hydrogens (tertiary/aromatic N) is 4. The average molecular weight is 408 g/mol. The molecule has 0 amide bonds. The molecule has 0 bridgehead atoms. The van der Waals surface area contributed by atoms with Gasteiger partial charge in [-0.3, -0.25) is 4.99 Å². The number of nitrogens with one attached hydrogen (secondary N) is 1. The second kappa shape index (κ2) is 8.82. The van der Waals surface area contributed by atoms with Gasteiger partial charge in [0.25, 0.3) is 0 Å². The predicted molar refractivity (Wildman–Crippen MR) is 98.0 cm³/mol. The van der Waals surface area contributed by atoms with Gasteiger partial charge in [0.1, 0.15) is 21.9 Å². The Morgan fingerprint density at radius 2 is 1.96 bits per heavy atom. The Hall–Kier alpha value is -1.66. The first-order valence-corrected chi connectivity index (χ1v) is 12.0. The molecule has 1 N–H and O–H groups in total. The average Bonchev–Trinajstić information content (AvgIpc) is 3.05. The summed E-state index contributed by atoms with van der Waals surface area (Å²) in [6.07, 6.45) is 2.52. The van der Waals surface area contributed by atoms with Crippen molar-refractivity contribution in [3.8, 4) is 0 Å². The van der Waals surface area contributed by atoms with Gasteiger partial charge in [-0.05, 0) is 6.92 Å². The Balaban J connectivity index is 1.95. The van der Waals surface area contributed by atoms with Crippen LogP contribution in [0.2, 0.25) is 0 Å². The molecule has 148 valence electrons. The molecule has 1 aliphatic heterocycles. The summed E-state index contributed by atoms with van der Waals surface area (Å²) in [4.78, 5) is 6.27. The molecule has 1 aliphatic rings. The first-order valence-electron chi connectivity index (χ1n) is 8.29. The third-order valence-corrected chi connectivity index (χ3v) is 6.55. The van der Waals surface area contributed by atoms with Gasteiger partial charge in [0.05, 0.1) is 18.0 Å². The summed E-state index contributed by atoms with van der Waals surface area (Å²) in [5.41, 5.74) is 0.378. The van der Waals surface area contributed by atoms with Crippen molar-refractivity contribution in [3.05, 3.63) is 18.0 Å². The van der Waals surface area contributed by atoms with Crippen LogP contribution in [0.5, 0.6) is 0 Å². The zero-order valence-corrected chi connectivity index (χ0v) is 16.6. The van der Waals surface area contributed by atoms with E-state index in [9.17, 15) is 16.8 Å². The molecule has 1 saturated heterocycles. The Morgan fingerprint density at radius 3 is 2.50 bits per heavy atom. The Kier molecular flexibility index (Phi) is 7.01. The highest BCUT2D eigenvalue weighted by atomic mass is 32.2. The molecule has 12 heteroatoms. The van der Waals surface area contributed by atoms with Crippen molar-refractivity contribution in [3.63, 3.8) is 0 Å². The number of aromatic nitrogens is 1. The van der Waals surface area contributed by atoms with Crippen molar-refractivity contribution in [2.24, 2.45) is 4.99 Å². The highest BCUT2D eigenvalue weighted by molar-refractivity contribution is 7.90. The molecule has 1 aromatic heterocycles. The van der Waals surface area contributed by atoms with Crippen molar-refractivity contribution in [2.45, 2.75) is 12.7 Å². The molecule has 0 radical (unpaired) electrons. The second-order valence-electron chi connectivity index (χ2n) is 6.00. The van der Waals surface area contributed by atoms with Crippen molar-refractivity contribution in [1.82, 2.24) is 19.7 Å². The zero-order valence-electron chi connectivity index (χ0n) is 15.0. The molecule has 0 saturated carbocycles. The Bertz CT molecular complexity index is 797. The van der Waals surface area contributed by atoms with Crippen LogP contribution in [0.25, 0.3) is 0 Å². The number of guanidine groups is 1. The topological polar surface area (TPSA) is 125 Å². The fourth-order valence-electron chi connectivity index (χ4n) is 2.51. The molecular formula is C14H25N5O5S2. The van der Waals surface area contributed by atoms with Gasteiger partial charge >= 0.3 is 0 Å². The predicted octanol–water partition coefficient (Wildman–Crippen LogP) is -0.868. The van der Waals surface area contributed by atoms with Crippen molar-refractivity contribution < 1.29 is 21.4 Å². The second-order valence-corrected chi connectivity index (χ2v) is 10.2. The fourth-order valence-corrected chi connectivity index (χ4v) is 4.36. The summed E-state index contributed by atoms with van der Waals surface area (Å²) < 4.78 is 53.5. The maximum absolute atomic E-state index is 12.5. The van der Waals surface area contributed by atoms with E-state index in [1.807, 2.05) is 11.8 Å². The third kappa shape index (κ3) is 6.25. The molecule has 0 unspecified atom stereocenters. The first kappa shape index (κ1) is 20.6. The summed E-state index contributed by atoms with van der Waals surface area (Å²) in [5, 5.41) is 6.77. The van der Waals surface area contributed by atoms with Gasteiger partial charge in [-0.15, -0.1) is 0 Å². The lowest BCUT2D eigenvalue weighted by Gasteiger charge is -2.35. The van der Waals surface area contributed by atoms with Gasteiger partial charge in [0.15, 0.2) is 5.96 Å². The van der Waals surface area contributed by atoms with Crippen LogP contribution in [0.3, 0.4) is 0 Å². The molecule has 0 aromatic carbocycles. The van der Waals surface area contributed by atoms with E-state index >= 15 is 0 Å². The number of hydrogen-bond acceptors (Lipinski definition) is 7. The van der Waals surface area contributed by atoms with E-state index < -0.39 is 19.9 Å². The lowest BCUT2D eigenvalue weighted by atomic mass is 10.4. The van der Waals surface area contributed by atoms with Crippen LogP contribution in [-0.4, -0.2) is 88.4 Å². The fraction of sp³-hybridized carbons (Fsp3) is 0.714. The van der Waals surface area contributed by atoms with Crippen LogP contribution in [0.4, 0.5) is 0 Å². The lowest BCUT2D eigenvalue weighted by molar-refractivity contribution is 0.260. The van der Waals surface area contributed by atoms with Crippen LogP contribution < -0.4 is 5.32 Å². The van der Waals surface area contributed by atoms with E-state index in [0.29, 0.717) is 44.4 Å². The minimum Gasteiger partial charge on any atom is -0.364 e. The van der Waals surface area contributed by atoms with Crippen LogP contribution >= 0.6 is 0 Å². The quantitative estimate of drug-likeness (QED) is 0.457. The molecule has 10 nitrogen and oxygen atoms in total. The monoisotopic (exact) mass is 407 g/mol. The molecule has 0 spiro atoms. The van der Waals surface area contributed by atoms with Crippen LogP contribution in [0, 0.1) is 0 Å². The Labute approximate surface area is 154 Å². The molecule has 2 rings (SSSR count). The van der Waals surface area contributed by atoms with Crippen molar-refractivity contribution >= 4 is 25.8 Å². The van der Waals surface area contributed by atoms with Gasteiger partial charge in [-0.1, -0.05) is 5.16 Å². The lowest BCUT2D eigenvalue weighted by Crippen LogP contribution is -2.54. The highest BCUT2D eigenvalue weighted by Gasteiger charge is 2.29. The largest absolute Gasteiger partial charge is 0.364 e. The van der Waals surface area contributed by atoms with E-state index in [0.717, 1.165) is 0 Å². The minimum absolute atomic E-state index is 0.0199. The number of rotatable bonds is 7. The van der Waals surface area contributed by atoms with E-state index in [4.69, 9.17) is 0 Å². The minimum atomic E-state index is -3.46. The summed E-state index contributed by atoms with van der Waals surface area (Å²) >= 11 is 0. The van der Waals surface area contributed by atoms with E-state index in [1.165, 1.54) is 22.9 Å². The molecule has 0 aliphatic carbocycles. The summed E-state index contributed by atoms with van der Waals surface area (Å²) in [7, 11) is -6.53. The molecule has 1 fully saturated rings. The maximum atomic E-state index is 12.5. The van der Waals surface area contributed by atoms with Gasteiger partial charge in [-0.2, -0.15) is 4.31 Å². The van der Waals surface area contributed by atoms with Gasteiger partial charge in [0, 0.05) is 45.0 Å². The molecule has 1 aromatic rings. The van der Waals surface area contributed by atoms with Crippen molar-refractivity contribution in [1.29, 1.82) is 0 Å². The standard InChI is InChI=1S/C14H25N5O5S2/c1-3-15-14(16-5-11-25(2,20)21)18-6-8-19(9-7-18)26(22,23)12-13-4-10-24-17-13/h4,10H,3,5-9,11-12H2,1-2H3,(H,15,16). The van der Waals surface area contributed by atoms with Gasteiger partial charge < -0.3 is 14.7 Å². The van der Waals surface area contributed by atoms with Crippen LogP contribution in [0.15, 0.2) is 21.8 Å². The third-order valence-electron chi connectivity index (χ3n) is 3.81. The maximum Gasteiger partial charge on any atom is 0.220 e. The van der Waals surface area contributed by atoms with Crippen molar-refractivity contribution in [2.75, 3.05) is 51.3 Å². The van der Waals surface area contributed by atoms with Crippen LogP contribution in [0.1, 0.15) is 12.6 Å². The highest BCUT2D eigenvalue weighted by Crippen LogP contribution is 2.12. The smallest absolute Gasteiger partial charge is 0.220 e. The Morgan fingerprint density at radius 1 is 1.27 bits per heavy atom. The number of sulfone groups is 1. The van der Waals surface area contributed by atoms with Crippen LogP contribution in [-0.2, 0) is 25.6 Å². The summed E-state index contributed by atoms with van der Waals surface area (Å²) in [6, 6.07) is 1.53. The number of sulfonamides is 1. The first-order chi connectivity index (χ1) is 12.2. The molecule has 0 atom stereocenters. The van der Waals surface area contributed by atoms with Gasteiger partial charge in [-0.25, -0.2) is 16.8 Å². The summed E-state index contributed by atoms with van der Waals surface area (Å²) in [5.74, 6) is 0.393. The van der Waals surface area contributed by atoms with E-state index in [-0.39, 0.29) is 18.1 Å². The molecule has 26 heavy (non-hydrogen) atoms. The van der Waals surface area contributed by atoms with Gasteiger partial charge in [0.2, 0.25) is 10.0 Å². The summed E-state index contributed by atoms with van der Waals surface area (Å²) in [6.45, 7) is 4.35. The molecular weight excluding hydrogens is 382 g/mol. The zero-order chi connectivity index (χ0) is 19.2. The number of aliphatic imine (C=N–C) groups is 1. The number of piperazine rings is 1. The van der Waals surface area contributed by atoms with E-state index in [2.05, 4.69) is 20.0 Å². The molecule has 2 heterocycles. The van der Waals surface area contributed by atoms with E-state index in [1.54, 1.807) is 0 Å². The SMILES string of the molecule is CCNC(=NCCS(C)(=O)=O)N1CCN(S(=O)(=O)Cc2ccon2)CC1.